The molecule has 1 aromatic heterocycles. The highest BCUT2D eigenvalue weighted by atomic mass is 19.3. The molecule has 1 saturated carbocycles. The van der Waals surface area contributed by atoms with E-state index in [0.29, 0.717) is 6.42 Å². The molecule has 1 aliphatic rings. The van der Waals surface area contributed by atoms with E-state index in [1.807, 2.05) is 6.07 Å². The van der Waals surface area contributed by atoms with E-state index in [4.69, 9.17) is 4.74 Å². The molecule has 26 heavy (non-hydrogen) atoms. The van der Waals surface area contributed by atoms with Crippen LogP contribution in [0.3, 0.4) is 0 Å². The Balaban J connectivity index is 1.68. The van der Waals surface area contributed by atoms with Crippen molar-refractivity contribution in [3.63, 3.8) is 0 Å². The van der Waals surface area contributed by atoms with Crippen LogP contribution < -0.4 is 10.1 Å². The second-order valence-corrected chi connectivity index (χ2v) is 6.51. The first-order valence-corrected chi connectivity index (χ1v) is 8.39. The van der Waals surface area contributed by atoms with E-state index >= 15 is 0 Å². The van der Waals surface area contributed by atoms with Crippen LogP contribution in [-0.4, -0.2) is 29.5 Å². The Labute approximate surface area is 149 Å². The Morgan fingerprint density at radius 1 is 1.27 bits per heavy atom. The maximum Gasteiger partial charge on any atom is 0.272 e. The van der Waals surface area contributed by atoms with E-state index in [9.17, 15) is 18.0 Å². The number of hydrogen-bond donors (Lipinski definition) is 1. The zero-order valence-electron chi connectivity index (χ0n) is 14.1. The molecule has 0 bridgehead atoms. The number of alkyl halides is 2. The number of nitrogens with one attached hydrogen (secondary N) is 1. The van der Waals surface area contributed by atoms with Gasteiger partial charge in [0.05, 0.1) is 11.8 Å². The van der Waals surface area contributed by atoms with E-state index < -0.39 is 18.6 Å². The summed E-state index contributed by atoms with van der Waals surface area (Å²) in [7, 11) is 0. The number of pyridine rings is 1. The number of carbonyl (C=O) groups excluding carboxylic acids is 1. The average molecular weight is 364 g/mol. The van der Waals surface area contributed by atoms with Gasteiger partial charge in [-0.05, 0) is 49.4 Å². The number of aromatic nitrogens is 1. The minimum Gasteiger partial charge on any atom is -0.486 e. The Morgan fingerprint density at radius 2 is 2.08 bits per heavy atom. The summed E-state index contributed by atoms with van der Waals surface area (Å²) < 4.78 is 42.8. The van der Waals surface area contributed by atoms with Crippen molar-refractivity contribution in [3.8, 4) is 5.75 Å². The molecule has 0 saturated heterocycles. The fraction of sp³-hybridized carbons (Fsp3) is 0.368. The Kier molecular flexibility index (Phi) is 5.44. The van der Waals surface area contributed by atoms with Crippen molar-refractivity contribution in [1.29, 1.82) is 0 Å². The minimum atomic E-state index is -2.60. The van der Waals surface area contributed by atoms with Crippen LogP contribution in [0.4, 0.5) is 13.2 Å². The van der Waals surface area contributed by atoms with Gasteiger partial charge in [0.1, 0.15) is 18.2 Å². The smallest absolute Gasteiger partial charge is 0.272 e. The van der Waals surface area contributed by atoms with Gasteiger partial charge in [-0.1, -0.05) is 12.1 Å². The summed E-state index contributed by atoms with van der Waals surface area (Å²) in [4.78, 5) is 16.4. The van der Waals surface area contributed by atoms with Gasteiger partial charge >= 0.3 is 0 Å². The molecule has 0 aliphatic heterocycles. The third-order valence-corrected chi connectivity index (χ3v) is 4.47. The SMILES string of the molecule is O=C(NC1(Cc2cccc(F)c2)CCC1)c1cncc(OCC(F)F)c1. The molecule has 2 aromatic rings. The number of amides is 1. The summed E-state index contributed by atoms with van der Waals surface area (Å²) in [5.74, 6) is -0.543. The molecule has 1 heterocycles. The standard InChI is InChI=1S/C19H19F3N2O2/c20-15-4-1-3-13(7-15)9-19(5-2-6-19)24-18(25)14-8-16(11-23-10-14)26-12-17(21)22/h1,3-4,7-8,10-11,17H,2,5-6,9,12H2,(H,24,25). The van der Waals surface area contributed by atoms with Crippen LogP contribution in [0.5, 0.6) is 5.75 Å². The number of halogens is 3. The van der Waals surface area contributed by atoms with Gasteiger partial charge in [0, 0.05) is 11.7 Å². The molecule has 1 aromatic carbocycles. The summed E-state index contributed by atoms with van der Waals surface area (Å²) in [6.07, 6.45) is 3.15. The monoisotopic (exact) mass is 364 g/mol. The molecule has 1 N–H and O–H groups in total. The molecule has 7 heteroatoms. The van der Waals surface area contributed by atoms with Gasteiger partial charge in [0.2, 0.25) is 0 Å². The van der Waals surface area contributed by atoms with Crippen molar-refractivity contribution in [1.82, 2.24) is 10.3 Å². The van der Waals surface area contributed by atoms with Crippen molar-refractivity contribution >= 4 is 5.91 Å². The second kappa shape index (κ2) is 7.76. The lowest BCUT2D eigenvalue weighted by molar-refractivity contribution is 0.0808. The number of nitrogens with zero attached hydrogens (tertiary/aromatic N) is 1. The number of carbonyl (C=O) groups is 1. The minimum absolute atomic E-state index is 0.116. The van der Waals surface area contributed by atoms with Crippen LogP contribution in [0.1, 0.15) is 35.2 Å². The Morgan fingerprint density at radius 3 is 2.73 bits per heavy atom. The lowest BCUT2D eigenvalue weighted by atomic mass is 9.72. The van der Waals surface area contributed by atoms with E-state index in [1.54, 1.807) is 6.07 Å². The molecule has 0 unspecified atom stereocenters. The molecule has 1 aliphatic carbocycles. The van der Waals surface area contributed by atoms with Gasteiger partial charge in [0.25, 0.3) is 12.3 Å². The summed E-state index contributed by atoms with van der Waals surface area (Å²) in [5, 5.41) is 3.00. The van der Waals surface area contributed by atoms with Gasteiger partial charge in [0.15, 0.2) is 0 Å². The Bertz CT molecular complexity index is 779. The van der Waals surface area contributed by atoms with Crippen LogP contribution >= 0.6 is 0 Å². The quantitative estimate of drug-likeness (QED) is 0.814. The van der Waals surface area contributed by atoms with Crippen LogP contribution in [-0.2, 0) is 6.42 Å². The molecule has 0 spiro atoms. The molecule has 4 nitrogen and oxygen atoms in total. The first-order valence-electron chi connectivity index (χ1n) is 8.39. The van der Waals surface area contributed by atoms with Crippen molar-refractivity contribution in [2.45, 2.75) is 37.6 Å². The number of benzene rings is 1. The van der Waals surface area contributed by atoms with Gasteiger partial charge in [-0.3, -0.25) is 9.78 Å². The van der Waals surface area contributed by atoms with Crippen LogP contribution in [0.2, 0.25) is 0 Å². The third kappa shape index (κ3) is 4.53. The molecule has 0 radical (unpaired) electrons. The summed E-state index contributed by atoms with van der Waals surface area (Å²) in [6.45, 7) is -0.754. The molecular weight excluding hydrogens is 345 g/mol. The number of ether oxygens (including phenoxy) is 1. The van der Waals surface area contributed by atoms with Crippen LogP contribution in [0.15, 0.2) is 42.7 Å². The highest BCUT2D eigenvalue weighted by molar-refractivity contribution is 5.94. The average Bonchev–Trinajstić information content (AvgIpc) is 2.58. The first-order chi connectivity index (χ1) is 12.5. The second-order valence-electron chi connectivity index (χ2n) is 6.51. The van der Waals surface area contributed by atoms with E-state index in [2.05, 4.69) is 10.3 Å². The zero-order valence-corrected chi connectivity index (χ0v) is 14.1. The van der Waals surface area contributed by atoms with E-state index in [0.717, 1.165) is 24.8 Å². The Hall–Kier alpha value is -2.57. The normalized spacial score (nSPS) is 15.4. The number of rotatable bonds is 7. The summed E-state index contributed by atoms with van der Waals surface area (Å²) in [5.41, 5.74) is 0.629. The molecule has 3 rings (SSSR count). The predicted octanol–water partition coefficient (Wildman–Crippen LogP) is 3.76. The lowest BCUT2D eigenvalue weighted by Crippen LogP contribution is -2.55. The first kappa shape index (κ1) is 18.2. The third-order valence-electron chi connectivity index (χ3n) is 4.47. The summed E-state index contributed by atoms with van der Waals surface area (Å²) in [6, 6.07) is 7.71. The molecule has 138 valence electrons. The zero-order chi connectivity index (χ0) is 18.6. The molecule has 1 amide bonds. The topological polar surface area (TPSA) is 51.2 Å². The molecular formula is C19H19F3N2O2. The maximum absolute atomic E-state index is 13.4. The van der Waals surface area contributed by atoms with Gasteiger partial charge in [-0.25, -0.2) is 13.2 Å². The van der Waals surface area contributed by atoms with Crippen molar-refractivity contribution < 1.29 is 22.7 Å². The fourth-order valence-corrected chi connectivity index (χ4v) is 3.08. The lowest BCUT2D eigenvalue weighted by Gasteiger charge is -2.43. The van der Waals surface area contributed by atoms with Gasteiger partial charge in [-0.15, -0.1) is 0 Å². The largest absolute Gasteiger partial charge is 0.486 e. The van der Waals surface area contributed by atoms with Crippen molar-refractivity contribution in [2.75, 3.05) is 6.61 Å². The van der Waals surface area contributed by atoms with Crippen molar-refractivity contribution in [3.05, 3.63) is 59.7 Å². The maximum atomic E-state index is 13.4. The van der Waals surface area contributed by atoms with E-state index in [1.165, 1.54) is 30.6 Å². The van der Waals surface area contributed by atoms with Gasteiger partial charge < -0.3 is 10.1 Å². The fourth-order valence-electron chi connectivity index (χ4n) is 3.08. The predicted molar refractivity (Wildman–Crippen MR) is 89.9 cm³/mol. The van der Waals surface area contributed by atoms with Crippen LogP contribution in [0.25, 0.3) is 0 Å². The number of hydrogen-bond acceptors (Lipinski definition) is 3. The van der Waals surface area contributed by atoms with Crippen LogP contribution in [0, 0.1) is 5.82 Å². The van der Waals surface area contributed by atoms with E-state index in [-0.39, 0.29) is 23.0 Å². The van der Waals surface area contributed by atoms with Crippen molar-refractivity contribution in [2.24, 2.45) is 0 Å². The molecule has 1 fully saturated rings. The highest BCUT2D eigenvalue weighted by Gasteiger charge is 2.38. The highest BCUT2D eigenvalue weighted by Crippen LogP contribution is 2.35. The van der Waals surface area contributed by atoms with Gasteiger partial charge in [-0.2, -0.15) is 0 Å². The summed E-state index contributed by atoms with van der Waals surface area (Å²) >= 11 is 0. The molecule has 0 atom stereocenters.